The first kappa shape index (κ1) is 11.4. The van der Waals surface area contributed by atoms with Crippen molar-refractivity contribution in [2.75, 3.05) is 13.2 Å². The molecule has 0 amide bonds. The maximum absolute atomic E-state index is 10.8. The Kier molecular flexibility index (Phi) is 5.66. The number of esters is 1. The smallest absolute Gasteiger partial charge is 0.325 e. The topological polar surface area (TPSA) is 72.5 Å². The summed E-state index contributed by atoms with van der Waals surface area (Å²) in [5, 5.41) is 8.49. The van der Waals surface area contributed by atoms with Crippen molar-refractivity contribution in [2.45, 2.75) is 26.3 Å². The molecule has 0 aliphatic carbocycles. The second kappa shape index (κ2) is 5.97. The molecular formula is C8H17NO3. The summed E-state index contributed by atoms with van der Waals surface area (Å²) in [5.41, 5.74) is 5.21. The maximum Gasteiger partial charge on any atom is 0.325 e. The van der Waals surface area contributed by atoms with Crippen molar-refractivity contribution < 1.29 is 14.6 Å². The van der Waals surface area contributed by atoms with Crippen LogP contribution in [0.3, 0.4) is 0 Å². The standard InChI is InChI=1S/C8H17NO3/c1-6(2)3-4-12-8(11)7(9)5-10/h6-7,10H,3-5,9H2,1-2H3. The Hall–Kier alpha value is -0.610. The van der Waals surface area contributed by atoms with E-state index in [-0.39, 0.29) is 6.61 Å². The highest BCUT2D eigenvalue weighted by Gasteiger charge is 2.12. The van der Waals surface area contributed by atoms with Gasteiger partial charge in [0.15, 0.2) is 0 Å². The van der Waals surface area contributed by atoms with Crippen LogP contribution >= 0.6 is 0 Å². The van der Waals surface area contributed by atoms with Gasteiger partial charge in [-0.25, -0.2) is 0 Å². The molecule has 0 fully saturated rings. The summed E-state index contributed by atoms with van der Waals surface area (Å²) < 4.78 is 4.78. The fourth-order valence-electron chi connectivity index (χ4n) is 0.577. The number of aliphatic hydroxyl groups excluding tert-OH is 1. The van der Waals surface area contributed by atoms with Gasteiger partial charge in [0.1, 0.15) is 6.04 Å². The first-order valence-corrected chi connectivity index (χ1v) is 4.11. The highest BCUT2D eigenvalue weighted by atomic mass is 16.5. The number of carbonyl (C=O) groups excluding carboxylic acids is 1. The van der Waals surface area contributed by atoms with E-state index in [0.717, 1.165) is 6.42 Å². The van der Waals surface area contributed by atoms with Gasteiger partial charge < -0.3 is 15.6 Å². The van der Waals surface area contributed by atoms with E-state index in [9.17, 15) is 4.79 Å². The average molecular weight is 175 g/mol. The molecule has 72 valence electrons. The van der Waals surface area contributed by atoms with Crippen LogP contribution in [0.1, 0.15) is 20.3 Å². The van der Waals surface area contributed by atoms with Crippen molar-refractivity contribution in [1.82, 2.24) is 0 Å². The molecule has 0 saturated carbocycles. The van der Waals surface area contributed by atoms with Crippen LogP contribution in [-0.2, 0) is 9.53 Å². The molecule has 0 aliphatic rings. The van der Waals surface area contributed by atoms with Crippen molar-refractivity contribution in [3.05, 3.63) is 0 Å². The Morgan fingerprint density at radius 2 is 2.17 bits per heavy atom. The summed E-state index contributed by atoms with van der Waals surface area (Å²) in [6, 6.07) is -0.892. The summed E-state index contributed by atoms with van der Waals surface area (Å²) in [4.78, 5) is 10.8. The third kappa shape index (κ3) is 5.09. The monoisotopic (exact) mass is 175 g/mol. The minimum absolute atomic E-state index is 0.361. The molecule has 0 spiro atoms. The van der Waals surface area contributed by atoms with Crippen molar-refractivity contribution >= 4 is 5.97 Å². The summed E-state index contributed by atoms with van der Waals surface area (Å²) >= 11 is 0. The summed E-state index contributed by atoms with van der Waals surface area (Å²) in [6.45, 7) is 4.10. The predicted octanol–water partition coefficient (Wildman–Crippen LogP) is -0.105. The molecular weight excluding hydrogens is 158 g/mol. The van der Waals surface area contributed by atoms with E-state index in [1.807, 2.05) is 13.8 Å². The van der Waals surface area contributed by atoms with Gasteiger partial charge in [0.25, 0.3) is 0 Å². The molecule has 0 rings (SSSR count). The van der Waals surface area contributed by atoms with Crippen LogP contribution in [0.25, 0.3) is 0 Å². The molecule has 0 bridgehead atoms. The second-order valence-corrected chi connectivity index (χ2v) is 3.14. The lowest BCUT2D eigenvalue weighted by Crippen LogP contribution is -2.35. The minimum Gasteiger partial charge on any atom is -0.464 e. The van der Waals surface area contributed by atoms with Crippen molar-refractivity contribution in [2.24, 2.45) is 11.7 Å². The molecule has 0 heterocycles. The normalized spacial score (nSPS) is 13.1. The fourth-order valence-corrected chi connectivity index (χ4v) is 0.577. The van der Waals surface area contributed by atoms with E-state index in [1.165, 1.54) is 0 Å². The van der Waals surface area contributed by atoms with E-state index in [0.29, 0.717) is 12.5 Å². The summed E-state index contributed by atoms with van der Waals surface area (Å²) in [5.74, 6) is -0.0266. The number of hydrogen-bond acceptors (Lipinski definition) is 4. The Morgan fingerprint density at radius 3 is 2.58 bits per heavy atom. The molecule has 0 radical (unpaired) electrons. The lowest BCUT2D eigenvalue weighted by molar-refractivity contribution is -0.146. The van der Waals surface area contributed by atoms with Crippen LogP contribution in [0.5, 0.6) is 0 Å². The number of rotatable bonds is 5. The Bertz CT molecular complexity index is 136. The van der Waals surface area contributed by atoms with Crippen LogP contribution in [-0.4, -0.2) is 30.3 Å². The number of carbonyl (C=O) groups is 1. The average Bonchev–Trinajstić information content (AvgIpc) is 2.02. The van der Waals surface area contributed by atoms with Crippen molar-refractivity contribution in [3.8, 4) is 0 Å². The third-order valence-corrected chi connectivity index (χ3v) is 1.44. The minimum atomic E-state index is -0.892. The van der Waals surface area contributed by atoms with Crippen molar-refractivity contribution in [1.29, 1.82) is 0 Å². The van der Waals surface area contributed by atoms with E-state index in [2.05, 4.69) is 0 Å². The molecule has 3 N–H and O–H groups in total. The number of nitrogens with two attached hydrogens (primary N) is 1. The Balaban J connectivity index is 3.44. The zero-order valence-electron chi connectivity index (χ0n) is 7.62. The number of hydrogen-bond donors (Lipinski definition) is 2. The molecule has 0 aliphatic heterocycles. The molecule has 4 nitrogen and oxygen atoms in total. The van der Waals surface area contributed by atoms with Gasteiger partial charge in [-0.2, -0.15) is 0 Å². The molecule has 12 heavy (non-hydrogen) atoms. The maximum atomic E-state index is 10.8. The zero-order valence-corrected chi connectivity index (χ0v) is 7.62. The molecule has 1 unspecified atom stereocenters. The van der Waals surface area contributed by atoms with E-state index < -0.39 is 12.0 Å². The van der Waals surface area contributed by atoms with Gasteiger partial charge in [0.2, 0.25) is 0 Å². The van der Waals surface area contributed by atoms with E-state index in [1.54, 1.807) is 0 Å². The molecule has 0 aromatic carbocycles. The largest absolute Gasteiger partial charge is 0.464 e. The zero-order chi connectivity index (χ0) is 9.56. The fraction of sp³-hybridized carbons (Fsp3) is 0.875. The highest BCUT2D eigenvalue weighted by molar-refractivity contribution is 5.75. The summed E-state index contributed by atoms with van der Waals surface area (Å²) in [7, 11) is 0. The lowest BCUT2D eigenvalue weighted by atomic mass is 10.1. The Morgan fingerprint density at radius 1 is 1.58 bits per heavy atom. The van der Waals surface area contributed by atoms with Crippen LogP contribution in [0, 0.1) is 5.92 Å². The summed E-state index contributed by atoms with van der Waals surface area (Å²) in [6.07, 6.45) is 0.823. The molecule has 1 atom stereocenters. The quantitative estimate of drug-likeness (QED) is 0.572. The van der Waals surface area contributed by atoms with Gasteiger partial charge in [0, 0.05) is 0 Å². The van der Waals surface area contributed by atoms with Gasteiger partial charge in [-0.3, -0.25) is 4.79 Å². The molecule has 0 aromatic heterocycles. The predicted molar refractivity (Wildman–Crippen MR) is 45.5 cm³/mol. The lowest BCUT2D eigenvalue weighted by Gasteiger charge is -2.09. The molecule has 4 heteroatoms. The number of ether oxygens (including phenoxy) is 1. The van der Waals surface area contributed by atoms with Crippen molar-refractivity contribution in [3.63, 3.8) is 0 Å². The van der Waals surface area contributed by atoms with Crippen LogP contribution in [0.4, 0.5) is 0 Å². The third-order valence-electron chi connectivity index (χ3n) is 1.44. The van der Waals surface area contributed by atoms with Crippen LogP contribution < -0.4 is 5.73 Å². The highest BCUT2D eigenvalue weighted by Crippen LogP contribution is 1.99. The number of aliphatic hydroxyl groups is 1. The second-order valence-electron chi connectivity index (χ2n) is 3.14. The van der Waals surface area contributed by atoms with Gasteiger partial charge in [-0.05, 0) is 12.3 Å². The molecule has 0 saturated heterocycles. The van der Waals surface area contributed by atoms with Gasteiger partial charge in [-0.1, -0.05) is 13.8 Å². The van der Waals surface area contributed by atoms with Gasteiger partial charge >= 0.3 is 5.97 Å². The van der Waals surface area contributed by atoms with E-state index in [4.69, 9.17) is 15.6 Å². The van der Waals surface area contributed by atoms with Gasteiger partial charge in [-0.15, -0.1) is 0 Å². The first-order chi connectivity index (χ1) is 5.57. The van der Waals surface area contributed by atoms with E-state index >= 15 is 0 Å². The first-order valence-electron chi connectivity index (χ1n) is 4.11. The Labute approximate surface area is 72.7 Å². The van der Waals surface area contributed by atoms with Crippen LogP contribution in [0.15, 0.2) is 0 Å². The van der Waals surface area contributed by atoms with Crippen LogP contribution in [0.2, 0.25) is 0 Å². The SMILES string of the molecule is CC(C)CCOC(=O)C(N)CO. The molecule has 0 aromatic rings. The van der Waals surface area contributed by atoms with Gasteiger partial charge in [0.05, 0.1) is 13.2 Å².